The number of aryl methyl sites for hydroxylation is 1. The maximum absolute atomic E-state index is 10.7. The average molecular weight is 277 g/mol. The first kappa shape index (κ1) is 13.8. The third kappa shape index (κ3) is 6.84. The Bertz CT molecular complexity index is 376. The van der Waals surface area contributed by atoms with Gasteiger partial charge in [-0.2, -0.15) is 0 Å². The molecule has 0 fully saturated rings. The Hall–Kier alpha value is -1.17. The summed E-state index contributed by atoms with van der Waals surface area (Å²) < 4.78 is 4.73. The molecule has 0 aliphatic rings. The van der Waals surface area contributed by atoms with Crippen molar-refractivity contribution in [3.63, 3.8) is 0 Å². The van der Waals surface area contributed by atoms with Crippen molar-refractivity contribution in [1.29, 1.82) is 0 Å². The number of halogens is 1. The van der Waals surface area contributed by atoms with Crippen molar-refractivity contribution in [1.82, 2.24) is 9.97 Å². The van der Waals surface area contributed by atoms with Gasteiger partial charge in [0.15, 0.2) is 4.60 Å². The molecule has 0 aromatic carbocycles. The summed E-state index contributed by atoms with van der Waals surface area (Å²) in [7, 11) is 0. The maximum atomic E-state index is 10.7. The van der Waals surface area contributed by atoms with Crippen molar-refractivity contribution >= 4 is 21.9 Å². The zero-order valence-electron chi connectivity index (χ0n) is 8.83. The minimum absolute atomic E-state index is 0.185. The lowest BCUT2D eigenvalue weighted by Crippen LogP contribution is -2.08. The van der Waals surface area contributed by atoms with E-state index in [4.69, 9.17) is 0 Å². The van der Waals surface area contributed by atoms with Crippen LogP contribution in [-0.4, -0.2) is 22.5 Å². The number of aromatic amines is 1. The molecule has 0 atom stereocenters. The summed E-state index contributed by atoms with van der Waals surface area (Å²) in [6.45, 7) is 5.43. The zero-order valence-corrected chi connectivity index (χ0v) is 10.4. The summed E-state index contributed by atoms with van der Waals surface area (Å²) in [5, 5.41) is 0. The molecule has 0 unspecified atom stereocenters. The van der Waals surface area contributed by atoms with E-state index in [9.17, 15) is 9.59 Å². The van der Waals surface area contributed by atoms with Crippen LogP contribution < -0.4 is 5.56 Å². The summed E-state index contributed by atoms with van der Waals surface area (Å²) in [6, 6.07) is 0. The summed E-state index contributed by atoms with van der Waals surface area (Å²) in [5.41, 5.74) is 0.582. The Morgan fingerprint density at radius 2 is 2.27 bits per heavy atom. The van der Waals surface area contributed by atoms with E-state index >= 15 is 0 Å². The van der Waals surface area contributed by atoms with Crippen molar-refractivity contribution in [3.8, 4) is 0 Å². The van der Waals surface area contributed by atoms with Gasteiger partial charge >= 0.3 is 5.97 Å². The van der Waals surface area contributed by atoms with Gasteiger partial charge in [-0.1, -0.05) is 0 Å². The third-order valence-electron chi connectivity index (χ3n) is 1.22. The fourth-order valence-corrected chi connectivity index (χ4v) is 0.880. The van der Waals surface area contributed by atoms with Gasteiger partial charge in [-0.25, -0.2) is 4.98 Å². The molecule has 0 radical (unpaired) electrons. The van der Waals surface area contributed by atoms with Crippen LogP contribution in [-0.2, 0) is 9.53 Å². The topological polar surface area (TPSA) is 72.0 Å². The standard InChI is InChI=1S/C5H5BrN2O.C4H8O2/c1-3-2-7-4(6)5(9)8-3;1-3-6-4(2)5/h2H,1H3,(H,8,9);3H2,1-2H3. The van der Waals surface area contributed by atoms with Gasteiger partial charge in [0.2, 0.25) is 0 Å². The lowest BCUT2D eigenvalue weighted by Gasteiger charge is -1.89. The molecule has 5 nitrogen and oxygen atoms in total. The molecular formula is C9H13BrN2O3. The van der Waals surface area contributed by atoms with Crippen molar-refractivity contribution in [3.05, 3.63) is 26.8 Å². The molecule has 84 valence electrons. The zero-order chi connectivity index (χ0) is 11.8. The number of nitrogens with zero attached hydrogens (tertiary/aromatic N) is 1. The summed E-state index contributed by atoms with van der Waals surface area (Å²) in [5.74, 6) is -0.211. The maximum Gasteiger partial charge on any atom is 0.302 e. The molecule has 1 rings (SSSR count). The van der Waals surface area contributed by atoms with Crippen LogP contribution in [0.2, 0.25) is 0 Å². The number of hydrogen-bond donors (Lipinski definition) is 1. The van der Waals surface area contributed by atoms with Crippen molar-refractivity contribution in [2.24, 2.45) is 0 Å². The van der Waals surface area contributed by atoms with Crippen LogP contribution >= 0.6 is 15.9 Å². The van der Waals surface area contributed by atoms with E-state index in [1.54, 1.807) is 20.0 Å². The molecule has 0 aliphatic heterocycles. The number of esters is 1. The first-order chi connectivity index (χ1) is 6.97. The van der Waals surface area contributed by atoms with Gasteiger partial charge in [0, 0.05) is 18.8 Å². The molecule has 1 N–H and O–H groups in total. The Labute approximate surface area is 96.0 Å². The number of nitrogens with one attached hydrogen (secondary N) is 1. The van der Waals surface area contributed by atoms with Crippen LogP contribution in [0.25, 0.3) is 0 Å². The van der Waals surface area contributed by atoms with E-state index in [2.05, 4.69) is 30.6 Å². The highest BCUT2D eigenvalue weighted by atomic mass is 79.9. The lowest BCUT2D eigenvalue weighted by molar-refractivity contribution is -0.140. The van der Waals surface area contributed by atoms with E-state index in [1.165, 1.54) is 6.92 Å². The van der Waals surface area contributed by atoms with Crippen LogP contribution in [0.3, 0.4) is 0 Å². The average Bonchev–Trinajstić information content (AvgIpc) is 2.13. The van der Waals surface area contributed by atoms with E-state index < -0.39 is 0 Å². The normalized spacial score (nSPS) is 8.80. The second kappa shape index (κ2) is 7.17. The van der Waals surface area contributed by atoms with Gasteiger partial charge in [0.1, 0.15) is 0 Å². The number of carbonyl (C=O) groups is 1. The van der Waals surface area contributed by atoms with Gasteiger partial charge in [0.05, 0.1) is 6.61 Å². The van der Waals surface area contributed by atoms with Crippen LogP contribution in [0.15, 0.2) is 15.6 Å². The molecule has 0 bridgehead atoms. The minimum atomic E-state index is -0.211. The Kier molecular flexibility index (Phi) is 6.61. The molecular weight excluding hydrogens is 264 g/mol. The molecule has 0 spiro atoms. The van der Waals surface area contributed by atoms with Gasteiger partial charge in [0.25, 0.3) is 5.56 Å². The van der Waals surface area contributed by atoms with E-state index in [1.807, 2.05) is 0 Å². The summed E-state index contributed by atoms with van der Waals surface area (Å²) in [6.07, 6.45) is 1.59. The monoisotopic (exact) mass is 276 g/mol. The van der Waals surface area contributed by atoms with E-state index in [0.717, 1.165) is 5.69 Å². The highest BCUT2D eigenvalue weighted by Gasteiger charge is 1.92. The number of rotatable bonds is 1. The second-order valence-electron chi connectivity index (χ2n) is 2.61. The quantitative estimate of drug-likeness (QED) is 0.788. The third-order valence-corrected chi connectivity index (χ3v) is 1.78. The van der Waals surface area contributed by atoms with Crippen molar-refractivity contribution in [2.75, 3.05) is 6.61 Å². The highest BCUT2D eigenvalue weighted by Crippen LogP contribution is 1.94. The summed E-state index contributed by atoms with van der Waals surface area (Å²) >= 11 is 2.97. The highest BCUT2D eigenvalue weighted by molar-refractivity contribution is 9.10. The van der Waals surface area contributed by atoms with Gasteiger partial charge in [-0.3, -0.25) is 9.59 Å². The molecule has 0 saturated carbocycles. The van der Waals surface area contributed by atoms with Gasteiger partial charge in [-0.15, -0.1) is 0 Å². The Morgan fingerprint density at radius 3 is 2.53 bits per heavy atom. The molecule has 1 aromatic rings. The Balaban J connectivity index is 0.000000288. The molecule has 0 amide bonds. The van der Waals surface area contributed by atoms with Gasteiger partial charge in [-0.05, 0) is 29.8 Å². The predicted molar refractivity (Wildman–Crippen MR) is 59.6 cm³/mol. The molecule has 0 aliphatic carbocycles. The number of hydrogen-bond acceptors (Lipinski definition) is 4. The lowest BCUT2D eigenvalue weighted by atomic mass is 10.5. The first-order valence-electron chi connectivity index (χ1n) is 4.32. The smallest absolute Gasteiger partial charge is 0.302 e. The van der Waals surface area contributed by atoms with Crippen LogP contribution in [0.1, 0.15) is 19.5 Å². The molecule has 1 aromatic heterocycles. The number of carbonyl (C=O) groups excluding carboxylic acids is 1. The largest absolute Gasteiger partial charge is 0.466 e. The molecule has 15 heavy (non-hydrogen) atoms. The first-order valence-corrected chi connectivity index (χ1v) is 5.11. The van der Waals surface area contributed by atoms with E-state index in [0.29, 0.717) is 11.2 Å². The minimum Gasteiger partial charge on any atom is -0.466 e. The second-order valence-corrected chi connectivity index (χ2v) is 3.36. The number of aromatic nitrogens is 2. The molecule has 0 saturated heterocycles. The van der Waals surface area contributed by atoms with Crippen molar-refractivity contribution in [2.45, 2.75) is 20.8 Å². The van der Waals surface area contributed by atoms with Crippen LogP contribution in [0, 0.1) is 6.92 Å². The summed E-state index contributed by atoms with van der Waals surface area (Å²) in [4.78, 5) is 26.8. The predicted octanol–water partition coefficient (Wildman–Crippen LogP) is 1.41. The van der Waals surface area contributed by atoms with Crippen LogP contribution in [0.5, 0.6) is 0 Å². The van der Waals surface area contributed by atoms with Gasteiger partial charge < -0.3 is 9.72 Å². The number of H-pyrrole nitrogens is 1. The fourth-order valence-electron chi connectivity index (χ4n) is 0.678. The fraction of sp³-hybridized carbons (Fsp3) is 0.444. The molecule has 6 heteroatoms. The number of ether oxygens (including phenoxy) is 1. The Morgan fingerprint density at radius 1 is 1.67 bits per heavy atom. The van der Waals surface area contributed by atoms with Crippen molar-refractivity contribution < 1.29 is 9.53 Å². The van der Waals surface area contributed by atoms with E-state index in [-0.39, 0.29) is 11.5 Å². The SMILES string of the molecule is CCOC(C)=O.Cc1cnc(Br)c(=O)[nH]1. The molecule has 1 heterocycles. The van der Waals surface area contributed by atoms with Crippen LogP contribution in [0.4, 0.5) is 0 Å².